The van der Waals surface area contributed by atoms with Crippen LogP contribution in [-0.4, -0.2) is 72.7 Å². The minimum Gasteiger partial charge on any atom is -0.381 e. The van der Waals surface area contributed by atoms with Crippen molar-refractivity contribution in [2.45, 2.75) is 44.6 Å². The number of aliphatic imine (C=N–C) groups is 1. The van der Waals surface area contributed by atoms with Crippen LogP contribution in [0.4, 0.5) is 0 Å². The minimum atomic E-state index is -3.31. The maximum Gasteiger partial charge on any atom is 0.213 e. The monoisotopic (exact) mass is 390 g/mol. The fourth-order valence-corrected chi connectivity index (χ4v) is 3.66. The van der Waals surface area contributed by atoms with Crippen molar-refractivity contribution in [2.75, 3.05) is 52.3 Å². The van der Waals surface area contributed by atoms with E-state index in [0.717, 1.165) is 58.0 Å². The topological polar surface area (TPSA) is 101 Å². The highest BCUT2D eigenvalue weighted by molar-refractivity contribution is 7.89. The summed E-state index contributed by atoms with van der Waals surface area (Å²) in [6.07, 6.45) is 6.59. The van der Waals surface area contributed by atoms with Crippen LogP contribution >= 0.6 is 0 Å². The molecule has 2 fully saturated rings. The molecule has 1 atom stereocenters. The lowest BCUT2D eigenvalue weighted by Crippen LogP contribution is -2.42. The maximum absolute atomic E-state index is 12.1. The van der Waals surface area contributed by atoms with Crippen LogP contribution in [0.3, 0.4) is 0 Å². The van der Waals surface area contributed by atoms with Gasteiger partial charge in [0.2, 0.25) is 10.0 Å². The molecule has 0 radical (unpaired) electrons. The van der Waals surface area contributed by atoms with E-state index in [1.165, 1.54) is 12.8 Å². The van der Waals surface area contributed by atoms with Crippen molar-refractivity contribution in [2.24, 2.45) is 10.9 Å². The fourth-order valence-electron chi connectivity index (χ4n) is 2.70. The molecule has 26 heavy (non-hydrogen) atoms. The fraction of sp³-hybridized carbons (Fsp3) is 0.941. The summed E-state index contributed by atoms with van der Waals surface area (Å²) < 4.78 is 37.9. The van der Waals surface area contributed by atoms with Crippen LogP contribution < -0.4 is 15.4 Å². The van der Waals surface area contributed by atoms with Gasteiger partial charge in [0.15, 0.2) is 5.96 Å². The molecule has 1 aliphatic carbocycles. The second kappa shape index (κ2) is 11.7. The van der Waals surface area contributed by atoms with E-state index in [0.29, 0.717) is 19.0 Å². The Hall–Kier alpha value is -0.900. The summed E-state index contributed by atoms with van der Waals surface area (Å²) in [7, 11) is -1.64. The maximum atomic E-state index is 12.1. The van der Waals surface area contributed by atoms with E-state index >= 15 is 0 Å². The predicted octanol–water partition coefficient (Wildman–Crippen LogP) is 0.457. The van der Waals surface area contributed by atoms with Gasteiger partial charge >= 0.3 is 0 Å². The highest BCUT2D eigenvalue weighted by atomic mass is 32.2. The van der Waals surface area contributed by atoms with E-state index in [4.69, 9.17) is 9.47 Å². The average molecular weight is 391 g/mol. The van der Waals surface area contributed by atoms with E-state index in [2.05, 4.69) is 20.3 Å². The molecule has 2 aliphatic rings. The Morgan fingerprint density at radius 2 is 2.00 bits per heavy atom. The normalized spacial score (nSPS) is 21.6. The number of nitrogens with zero attached hydrogens (tertiary/aromatic N) is 1. The van der Waals surface area contributed by atoms with E-state index < -0.39 is 10.0 Å². The zero-order valence-electron chi connectivity index (χ0n) is 15.8. The van der Waals surface area contributed by atoms with E-state index in [1.54, 1.807) is 7.05 Å². The molecule has 9 heteroatoms. The zero-order valence-corrected chi connectivity index (χ0v) is 16.7. The van der Waals surface area contributed by atoms with Gasteiger partial charge in [0.1, 0.15) is 0 Å². The van der Waals surface area contributed by atoms with Crippen molar-refractivity contribution in [3.05, 3.63) is 0 Å². The van der Waals surface area contributed by atoms with Gasteiger partial charge in [-0.15, -0.1) is 0 Å². The highest BCUT2D eigenvalue weighted by Crippen LogP contribution is 2.28. The van der Waals surface area contributed by atoms with Crippen LogP contribution in [0.15, 0.2) is 4.99 Å². The van der Waals surface area contributed by atoms with Gasteiger partial charge in [-0.1, -0.05) is 0 Å². The van der Waals surface area contributed by atoms with Gasteiger partial charge in [-0.2, -0.15) is 0 Å². The first-order chi connectivity index (χ1) is 12.6. The van der Waals surface area contributed by atoms with E-state index in [-0.39, 0.29) is 11.9 Å². The number of hydrogen-bond donors (Lipinski definition) is 3. The van der Waals surface area contributed by atoms with Gasteiger partial charge in [-0.05, 0) is 44.4 Å². The zero-order chi connectivity index (χ0) is 18.7. The molecule has 3 N–H and O–H groups in total. The molecule has 0 spiro atoms. The van der Waals surface area contributed by atoms with Crippen LogP contribution in [0, 0.1) is 5.92 Å². The Balaban J connectivity index is 1.50. The molecule has 0 aromatic carbocycles. The molecule has 2 rings (SSSR count). The molecule has 0 bridgehead atoms. The van der Waals surface area contributed by atoms with Gasteiger partial charge in [-0.25, -0.2) is 13.1 Å². The molecule has 0 aromatic rings. The number of sulfonamides is 1. The van der Waals surface area contributed by atoms with Crippen molar-refractivity contribution in [3.63, 3.8) is 0 Å². The van der Waals surface area contributed by atoms with Crippen LogP contribution in [0.2, 0.25) is 0 Å². The molecule has 1 unspecified atom stereocenters. The molecule has 8 nitrogen and oxygen atoms in total. The molecule has 0 aromatic heterocycles. The largest absolute Gasteiger partial charge is 0.381 e. The highest BCUT2D eigenvalue weighted by Gasteiger charge is 2.21. The van der Waals surface area contributed by atoms with Gasteiger partial charge < -0.3 is 20.1 Å². The smallest absolute Gasteiger partial charge is 0.213 e. The predicted molar refractivity (Wildman–Crippen MR) is 103 cm³/mol. The van der Waals surface area contributed by atoms with Crippen molar-refractivity contribution in [1.82, 2.24) is 15.4 Å². The Morgan fingerprint density at radius 1 is 1.19 bits per heavy atom. The molecule has 1 aliphatic heterocycles. The molecule has 1 saturated heterocycles. The summed E-state index contributed by atoms with van der Waals surface area (Å²) in [4.78, 5) is 4.10. The SMILES string of the molecule is CN=C(NCCCOCC1CC1)NCCS(=O)(=O)NCC1CCCCO1. The lowest BCUT2D eigenvalue weighted by molar-refractivity contribution is 0.0200. The summed E-state index contributed by atoms with van der Waals surface area (Å²) in [5.74, 6) is 1.40. The van der Waals surface area contributed by atoms with Crippen molar-refractivity contribution < 1.29 is 17.9 Å². The molecule has 1 heterocycles. The van der Waals surface area contributed by atoms with Crippen molar-refractivity contribution in [1.29, 1.82) is 0 Å². The lowest BCUT2D eigenvalue weighted by Gasteiger charge is -2.22. The van der Waals surface area contributed by atoms with Gasteiger partial charge in [0.05, 0.1) is 11.9 Å². The molecule has 0 amide bonds. The van der Waals surface area contributed by atoms with Crippen LogP contribution in [0.25, 0.3) is 0 Å². The second-order valence-corrected chi connectivity index (χ2v) is 8.88. The first-order valence-corrected chi connectivity index (χ1v) is 11.4. The number of guanidine groups is 1. The quantitative estimate of drug-likeness (QED) is 0.254. The average Bonchev–Trinajstić information content (AvgIpc) is 3.46. The summed E-state index contributed by atoms with van der Waals surface area (Å²) in [5, 5.41) is 6.20. The third kappa shape index (κ3) is 9.70. The molecule has 1 saturated carbocycles. The second-order valence-electron chi connectivity index (χ2n) is 6.95. The third-order valence-corrected chi connectivity index (χ3v) is 5.85. The molecular formula is C17H34N4O4S. The van der Waals surface area contributed by atoms with Gasteiger partial charge in [0.25, 0.3) is 0 Å². The number of hydrogen-bond acceptors (Lipinski definition) is 5. The number of ether oxygens (including phenoxy) is 2. The van der Waals surface area contributed by atoms with Gasteiger partial charge in [-0.3, -0.25) is 4.99 Å². The van der Waals surface area contributed by atoms with Crippen molar-refractivity contribution in [3.8, 4) is 0 Å². The third-order valence-electron chi connectivity index (χ3n) is 4.50. The van der Waals surface area contributed by atoms with Crippen LogP contribution in [0.5, 0.6) is 0 Å². The summed E-state index contributed by atoms with van der Waals surface area (Å²) in [6, 6.07) is 0. The Kier molecular flexibility index (Phi) is 9.66. The Labute approximate surface area is 157 Å². The van der Waals surface area contributed by atoms with E-state index in [9.17, 15) is 8.42 Å². The summed E-state index contributed by atoms with van der Waals surface area (Å²) >= 11 is 0. The van der Waals surface area contributed by atoms with Crippen molar-refractivity contribution >= 4 is 16.0 Å². The van der Waals surface area contributed by atoms with Gasteiger partial charge in [0, 0.05) is 46.5 Å². The first-order valence-electron chi connectivity index (χ1n) is 9.70. The lowest BCUT2D eigenvalue weighted by atomic mass is 10.1. The molecule has 152 valence electrons. The van der Waals surface area contributed by atoms with E-state index in [1.807, 2.05) is 0 Å². The summed E-state index contributed by atoms with van der Waals surface area (Å²) in [5.41, 5.74) is 0. The standard InChI is InChI=1S/C17H34N4O4S/c1-18-17(19-8-4-10-24-14-15-6-7-15)20-9-12-26(22,23)21-13-16-5-2-3-11-25-16/h15-16,21H,2-14H2,1H3,(H2,18,19,20). The Morgan fingerprint density at radius 3 is 2.69 bits per heavy atom. The van der Waals surface area contributed by atoms with Crippen LogP contribution in [0.1, 0.15) is 38.5 Å². The van der Waals surface area contributed by atoms with Crippen LogP contribution in [-0.2, 0) is 19.5 Å². The number of nitrogens with one attached hydrogen (secondary N) is 3. The number of rotatable bonds is 12. The summed E-state index contributed by atoms with van der Waals surface area (Å²) in [6.45, 7) is 3.75. The molecular weight excluding hydrogens is 356 g/mol. The minimum absolute atomic E-state index is 0.00282. The first kappa shape index (κ1) is 21.4. The Bertz CT molecular complexity index is 517.